The van der Waals surface area contributed by atoms with E-state index in [2.05, 4.69) is 228 Å². The third kappa shape index (κ3) is 4.47. The van der Waals surface area contributed by atoms with Crippen LogP contribution in [0.4, 0.5) is 17.1 Å². The van der Waals surface area contributed by atoms with Crippen LogP contribution in [0.1, 0.15) is 22.3 Å². The second-order valence-electron chi connectivity index (χ2n) is 16.8. The van der Waals surface area contributed by atoms with Gasteiger partial charge in [0.15, 0.2) is 0 Å². The van der Waals surface area contributed by atoms with Crippen molar-refractivity contribution in [2.75, 3.05) is 4.90 Å². The van der Waals surface area contributed by atoms with Crippen molar-refractivity contribution in [1.29, 1.82) is 0 Å². The van der Waals surface area contributed by atoms with Crippen LogP contribution in [-0.4, -0.2) is 4.57 Å². The summed E-state index contributed by atoms with van der Waals surface area (Å²) in [5.74, 6) is 0. The normalized spacial score (nSPS) is 13.3. The van der Waals surface area contributed by atoms with Crippen molar-refractivity contribution in [3.05, 3.63) is 241 Å². The lowest BCUT2D eigenvalue weighted by Gasteiger charge is -2.40. The van der Waals surface area contributed by atoms with E-state index in [0.717, 1.165) is 22.7 Å². The lowest BCUT2D eigenvalue weighted by Crippen LogP contribution is -2.32. The maximum Gasteiger partial charge on any atom is 0.0726 e. The van der Waals surface area contributed by atoms with Crippen molar-refractivity contribution in [3.63, 3.8) is 0 Å². The molecule has 0 unspecified atom stereocenters. The molecular formula is C59H36N2S. The fourth-order valence-corrected chi connectivity index (χ4v) is 12.4. The number of fused-ring (bicyclic) bond motifs is 15. The lowest BCUT2D eigenvalue weighted by atomic mass is 9.61. The molecule has 14 rings (SSSR count). The summed E-state index contributed by atoms with van der Waals surface area (Å²) in [4.78, 5) is 2.46. The molecule has 0 atom stereocenters. The minimum Gasteiger partial charge on any atom is -0.310 e. The molecule has 2 aliphatic rings. The maximum atomic E-state index is 2.51. The van der Waals surface area contributed by atoms with E-state index in [1.165, 1.54) is 97.3 Å². The highest BCUT2D eigenvalue weighted by molar-refractivity contribution is 7.25. The summed E-state index contributed by atoms with van der Waals surface area (Å²) in [6.45, 7) is 0. The number of para-hydroxylation sites is 2. The Morgan fingerprint density at radius 1 is 0.355 bits per heavy atom. The fraction of sp³-hybridized carbons (Fsp3) is 0.0169. The standard InChI is InChI=1S/C59H36N2S/c1-2-16-38(17-3-1)60(41-29-32-46-45-20-6-10-26-54(45)61(55(46)36-41)39-30-33-57-49(34-39)47-21-7-11-27-56(47)62-57)40-28-31-44-48-22-12-14-37-15-13-25-52(58(37)48)59(53(44)35-40)50-23-8-4-18-42(50)43-19-5-9-24-51(43)59/h1-36H. The van der Waals surface area contributed by atoms with Crippen LogP contribution in [0.5, 0.6) is 0 Å². The van der Waals surface area contributed by atoms with Gasteiger partial charge in [-0.15, -0.1) is 11.3 Å². The predicted molar refractivity (Wildman–Crippen MR) is 262 cm³/mol. The predicted octanol–water partition coefficient (Wildman–Crippen LogP) is 16.1. The largest absolute Gasteiger partial charge is 0.310 e. The molecule has 2 aliphatic carbocycles. The first-order valence-electron chi connectivity index (χ1n) is 21.4. The van der Waals surface area contributed by atoms with Gasteiger partial charge in [0.25, 0.3) is 0 Å². The van der Waals surface area contributed by atoms with Crippen LogP contribution in [-0.2, 0) is 5.41 Å². The molecule has 0 N–H and O–H groups in total. The van der Waals surface area contributed by atoms with Crippen LogP contribution in [0.15, 0.2) is 218 Å². The second kappa shape index (κ2) is 12.7. The lowest BCUT2D eigenvalue weighted by molar-refractivity contribution is 0.773. The van der Waals surface area contributed by atoms with Gasteiger partial charge < -0.3 is 9.47 Å². The molecule has 2 aromatic heterocycles. The van der Waals surface area contributed by atoms with Crippen LogP contribution in [0.25, 0.3) is 80.7 Å². The average Bonchev–Trinajstić information content (AvgIpc) is 3.97. The molecular weight excluding hydrogens is 769 g/mol. The van der Waals surface area contributed by atoms with Gasteiger partial charge in [-0.25, -0.2) is 0 Å². The van der Waals surface area contributed by atoms with Gasteiger partial charge in [-0.3, -0.25) is 0 Å². The maximum absolute atomic E-state index is 2.51. The molecule has 0 saturated heterocycles. The summed E-state index contributed by atoms with van der Waals surface area (Å²) >= 11 is 1.86. The number of thiophene rings is 1. The molecule has 0 fully saturated rings. The van der Waals surface area contributed by atoms with Gasteiger partial charge in [-0.05, 0) is 122 Å². The van der Waals surface area contributed by atoms with Gasteiger partial charge in [-0.1, -0.05) is 152 Å². The van der Waals surface area contributed by atoms with Crippen molar-refractivity contribution >= 4 is 81.1 Å². The zero-order valence-corrected chi connectivity index (χ0v) is 34.4. The van der Waals surface area contributed by atoms with Crippen LogP contribution in [0.3, 0.4) is 0 Å². The van der Waals surface area contributed by atoms with Crippen molar-refractivity contribution < 1.29 is 0 Å². The second-order valence-corrected chi connectivity index (χ2v) is 17.9. The minimum atomic E-state index is -0.504. The first kappa shape index (κ1) is 34.0. The molecule has 0 radical (unpaired) electrons. The molecule has 10 aromatic carbocycles. The smallest absolute Gasteiger partial charge is 0.0726 e. The topological polar surface area (TPSA) is 8.17 Å². The average molecular weight is 805 g/mol. The molecule has 0 saturated carbocycles. The number of anilines is 3. The molecule has 62 heavy (non-hydrogen) atoms. The summed E-state index contributed by atoms with van der Waals surface area (Å²) in [5.41, 5.74) is 16.9. The monoisotopic (exact) mass is 804 g/mol. The van der Waals surface area contributed by atoms with Crippen LogP contribution in [0.2, 0.25) is 0 Å². The SMILES string of the molecule is c1ccc(N(c2ccc3c(c2)C2(c4ccccc4-c4ccccc42)c2cccc4cccc-3c24)c2ccc3c4ccccc4n(-c4ccc5sc6ccccc6c5c4)c3c2)cc1. The number of aromatic nitrogens is 1. The van der Waals surface area contributed by atoms with E-state index in [9.17, 15) is 0 Å². The van der Waals surface area contributed by atoms with E-state index in [4.69, 9.17) is 0 Å². The number of rotatable bonds is 4. The van der Waals surface area contributed by atoms with Gasteiger partial charge in [0, 0.05) is 53.7 Å². The van der Waals surface area contributed by atoms with Gasteiger partial charge in [0.05, 0.1) is 16.4 Å². The molecule has 0 bridgehead atoms. The molecule has 2 heterocycles. The fourth-order valence-electron chi connectivity index (χ4n) is 11.3. The van der Waals surface area contributed by atoms with E-state index >= 15 is 0 Å². The molecule has 288 valence electrons. The Balaban J connectivity index is 1.04. The van der Waals surface area contributed by atoms with Gasteiger partial charge >= 0.3 is 0 Å². The van der Waals surface area contributed by atoms with Crippen molar-refractivity contribution in [2.45, 2.75) is 5.41 Å². The third-order valence-electron chi connectivity index (χ3n) is 13.8. The van der Waals surface area contributed by atoms with E-state index in [-0.39, 0.29) is 0 Å². The molecule has 1 spiro atoms. The Hall–Kier alpha value is -7.72. The summed E-state index contributed by atoms with van der Waals surface area (Å²) in [6, 6.07) is 81.7. The van der Waals surface area contributed by atoms with Crippen molar-refractivity contribution in [2.24, 2.45) is 0 Å². The van der Waals surface area contributed by atoms with Gasteiger partial charge in [-0.2, -0.15) is 0 Å². The summed E-state index contributed by atoms with van der Waals surface area (Å²) in [5, 5.41) is 7.71. The molecule has 0 aliphatic heterocycles. The third-order valence-corrected chi connectivity index (χ3v) is 14.9. The summed E-state index contributed by atoms with van der Waals surface area (Å²) in [7, 11) is 0. The highest BCUT2D eigenvalue weighted by atomic mass is 32.1. The number of benzene rings is 10. The molecule has 0 amide bonds. The summed E-state index contributed by atoms with van der Waals surface area (Å²) < 4.78 is 5.09. The van der Waals surface area contributed by atoms with Crippen LogP contribution >= 0.6 is 11.3 Å². The first-order valence-corrected chi connectivity index (χ1v) is 22.2. The van der Waals surface area contributed by atoms with Gasteiger partial charge in [0.2, 0.25) is 0 Å². The van der Waals surface area contributed by atoms with Gasteiger partial charge in [0.1, 0.15) is 0 Å². The first-order chi connectivity index (χ1) is 30.8. The Morgan fingerprint density at radius 2 is 0.968 bits per heavy atom. The summed E-state index contributed by atoms with van der Waals surface area (Å²) in [6.07, 6.45) is 0. The number of nitrogens with zero attached hydrogens (tertiary/aromatic N) is 2. The number of hydrogen-bond donors (Lipinski definition) is 0. The Bertz CT molecular complexity index is 3780. The van der Waals surface area contributed by atoms with E-state index < -0.39 is 5.41 Å². The zero-order valence-electron chi connectivity index (χ0n) is 33.6. The van der Waals surface area contributed by atoms with E-state index in [0.29, 0.717) is 0 Å². The zero-order chi connectivity index (χ0) is 40.5. The molecule has 3 heteroatoms. The Morgan fingerprint density at radius 3 is 1.81 bits per heavy atom. The van der Waals surface area contributed by atoms with Crippen molar-refractivity contribution in [3.8, 4) is 27.9 Å². The molecule has 2 nitrogen and oxygen atoms in total. The Kier molecular flexibility index (Phi) is 6.95. The van der Waals surface area contributed by atoms with Crippen molar-refractivity contribution in [1.82, 2.24) is 4.57 Å². The quantitative estimate of drug-likeness (QED) is 0.172. The van der Waals surface area contributed by atoms with Crippen LogP contribution < -0.4 is 4.90 Å². The highest BCUT2D eigenvalue weighted by Crippen LogP contribution is 2.62. The Labute approximate surface area is 362 Å². The molecule has 12 aromatic rings. The number of hydrogen-bond acceptors (Lipinski definition) is 2. The minimum absolute atomic E-state index is 0.504. The van der Waals surface area contributed by atoms with Crippen LogP contribution in [0, 0.1) is 0 Å². The van der Waals surface area contributed by atoms with E-state index in [1.807, 2.05) is 11.3 Å². The highest BCUT2D eigenvalue weighted by Gasteiger charge is 2.50. The van der Waals surface area contributed by atoms with E-state index in [1.54, 1.807) is 0 Å².